The number of aryl methyl sites for hydroxylation is 1. The number of halogens is 1. The fraction of sp³-hybridized carbons (Fsp3) is 0.333. The van der Waals surface area contributed by atoms with Crippen LogP contribution in [0.4, 0.5) is 10.6 Å². The highest BCUT2D eigenvalue weighted by Gasteiger charge is 2.10. The molecule has 0 atom stereocenters. The van der Waals surface area contributed by atoms with Gasteiger partial charge in [-0.3, -0.25) is 0 Å². The first-order valence-corrected chi connectivity index (χ1v) is 8.57. The number of fused-ring (bicyclic) bond motifs is 1. The van der Waals surface area contributed by atoms with Crippen molar-refractivity contribution in [1.82, 2.24) is 15.6 Å². The van der Waals surface area contributed by atoms with Crippen molar-refractivity contribution < 1.29 is 4.79 Å². The smallest absolute Gasteiger partial charge is 0.315 e. The highest BCUT2D eigenvalue weighted by Crippen LogP contribution is 2.19. The number of urea groups is 1. The molecular formula is C18H21ClN4O. The Morgan fingerprint density at radius 1 is 1.17 bits per heavy atom. The van der Waals surface area contributed by atoms with E-state index in [-0.39, 0.29) is 6.03 Å². The Kier molecular flexibility index (Phi) is 5.54. The summed E-state index contributed by atoms with van der Waals surface area (Å²) in [5.74, 6) is 0.992. The molecule has 0 radical (unpaired) electrons. The SMILES string of the molecule is O=C(NCCc1ccc2c(n1)NCCC2)NCc1ccc(Cl)cc1. The van der Waals surface area contributed by atoms with Crippen LogP contribution in [-0.4, -0.2) is 24.1 Å². The molecule has 0 bridgehead atoms. The van der Waals surface area contributed by atoms with Crippen molar-refractivity contribution in [3.05, 3.63) is 58.2 Å². The van der Waals surface area contributed by atoms with E-state index in [0.717, 1.165) is 36.5 Å². The number of pyridine rings is 1. The number of carbonyl (C=O) groups excluding carboxylic acids is 1. The summed E-state index contributed by atoms with van der Waals surface area (Å²) in [6.45, 7) is 2.01. The van der Waals surface area contributed by atoms with Crippen LogP contribution in [0, 0.1) is 0 Å². The number of carbonyl (C=O) groups is 1. The lowest BCUT2D eigenvalue weighted by atomic mass is 10.1. The van der Waals surface area contributed by atoms with Crippen LogP contribution in [0.25, 0.3) is 0 Å². The number of nitrogens with one attached hydrogen (secondary N) is 3. The molecule has 2 aromatic rings. The Morgan fingerprint density at radius 2 is 2.00 bits per heavy atom. The highest BCUT2D eigenvalue weighted by molar-refractivity contribution is 6.30. The highest BCUT2D eigenvalue weighted by atomic mass is 35.5. The molecule has 1 aliphatic heterocycles. The van der Waals surface area contributed by atoms with E-state index in [1.807, 2.05) is 30.3 Å². The molecule has 0 saturated carbocycles. The van der Waals surface area contributed by atoms with E-state index in [4.69, 9.17) is 11.6 Å². The zero-order valence-electron chi connectivity index (χ0n) is 13.4. The van der Waals surface area contributed by atoms with Crippen LogP contribution in [0.3, 0.4) is 0 Å². The van der Waals surface area contributed by atoms with Gasteiger partial charge >= 0.3 is 6.03 Å². The molecule has 6 heteroatoms. The first-order valence-electron chi connectivity index (χ1n) is 8.19. The van der Waals surface area contributed by atoms with Crippen LogP contribution in [-0.2, 0) is 19.4 Å². The van der Waals surface area contributed by atoms with E-state index in [9.17, 15) is 4.79 Å². The monoisotopic (exact) mass is 344 g/mol. The van der Waals surface area contributed by atoms with Crippen molar-refractivity contribution in [2.45, 2.75) is 25.8 Å². The first-order chi connectivity index (χ1) is 11.7. The predicted molar refractivity (Wildman–Crippen MR) is 96.4 cm³/mol. The van der Waals surface area contributed by atoms with Gasteiger partial charge in [-0.25, -0.2) is 9.78 Å². The second kappa shape index (κ2) is 8.02. The molecule has 0 saturated heterocycles. The van der Waals surface area contributed by atoms with Crippen LogP contribution < -0.4 is 16.0 Å². The number of aromatic nitrogens is 1. The maximum Gasteiger partial charge on any atom is 0.315 e. The molecular weight excluding hydrogens is 324 g/mol. The lowest BCUT2D eigenvalue weighted by Crippen LogP contribution is -2.36. The lowest BCUT2D eigenvalue weighted by molar-refractivity contribution is 0.240. The molecule has 0 aliphatic carbocycles. The van der Waals surface area contributed by atoms with Crippen molar-refractivity contribution in [2.24, 2.45) is 0 Å². The maximum atomic E-state index is 11.8. The number of amides is 2. The zero-order valence-corrected chi connectivity index (χ0v) is 14.2. The van der Waals surface area contributed by atoms with Gasteiger partial charge < -0.3 is 16.0 Å². The van der Waals surface area contributed by atoms with E-state index < -0.39 is 0 Å². The molecule has 0 fully saturated rings. The predicted octanol–water partition coefficient (Wildman–Crippen LogP) is 3.14. The Hall–Kier alpha value is -2.27. The maximum absolute atomic E-state index is 11.8. The summed E-state index contributed by atoms with van der Waals surface area (Å²) >= 11 is 5.84. The van der Waals surface area contributed by atoms with Gasteiger partial charge in [0.15, 0.2) is 0 Å². The molecule has 0 spiro atoms. The summed E-state index contributed by atoms with van der Waals surface area (Å²) in [5.41, 5.74) is 3.27. The van der Waals surface area contributed by atoms with Gasteiger partial charge in [-0.05, 0) is 42.2 Å². The summed E-state index contributed by atoms with van der Waals surface area (Å²) in [7, 11) is 0. The molecule has 24 heavy (non-hydrogen) atoms. The Morgan fingerprint density at radius 3 is 2.83 bits per heavy atom. The van der Waals surface area contributed by atoms with Crippen molar-refractivity contribution in [3.63, 3.8) is 0 Å². The van der Waals surface area contributed by atoms with E-state index in [0.29, 0.717) is 24.5 Å². The van der Waals surface area contributed by atoms with Crippen molar-refractivity contribution >= 4 is 23.4 Å². The molecule has 2 heterocycles. The number of rotatable bonds is 5. The average molecular weight is 345 g/mol. The van der Waals surface area contributed by atoms with Crippen molar-refractivity contribution in [3.8, 4) is 0 Å². The van der Waals surface area contributed by atoms with Crippen LogP contribution in [0.1, 0.15) is 23.2 Å². The van der Waals surface area contributed by atoms with Gasteiger partial charge in [-0.1, -0.05) is 29.8 Å². The van der Waals surface area contributed by atoms with E-state index >= 15 is 0 Å². The summed E-state index contributed by atoms with van der Waals surface area (Å²) in [5, 5.41) is 9.70. The summed E-state index contributed by atoms with van der Waals surface area (Å²) in [6.07, 6.45) is 2.95. The third kappa shape index (κ3) is 4.61. The number of hydrogen-bond acceptors (Lipinski definition) is 3. The Balaban J connectivity index is 1.41. The normalized spacial score (nSPS) is 12.9. The van der Waals surface area contributed by atoms with Gasteiger partial charge in [-0.2, -0.15) is 0 Å². The molecule has 5 nitrogen and oxygen atoms in total. The third-order valence-electron chi connectivity index (χ3n) is 3.98. The second-order valence-electron chi connectivity index (χ2n) is 5.83. The lowest BCUT2D eigenvalue weighted by Gasteiger charge is -2.17. The topological polar surface area (TPSA) is 66.0 Å². The first kappa shape index (κ1) is 16.6. The molecule has 2 amide bonds. The number of benzene rings is 1. The minimum absolute atomic E-state index is 0.180. The van der Waals surface area contributed by atoms with E-state index in [2.05, 4.69) is 27.0 Å². The largest absolute Gasteiger partial charge is 0.370 e. The molecule has 126 valence electrons. The minimum atomic E-state index is -0.180. The Labute approximate surface area is 146 Å². The van der Waals surface area contributed by atoms with Gasteiger partial charge in [0.2, 0.25) is 0 Å². The molecule has 1 aromatic heterocycles. The van der Waals surface area contributed by atoms with Crippen LogP contribution in [0.2, 0.25) is 5.02 Å². The van der Waals surface area contributed by atoms with Gasteiger partial charge in [0, 0.05) is 36.8 Å². The Bertz CT molecular complexity index is 703. The molecule has 3 rings (SSSR count). The van der Waals surface area contributed by atoms with Crippen LogP contribution in [0.15, 0.2) is 36.4 Å². The van der Waals surface area contributed by atoms with E-state index in [1.165, 1.54) is 5.56 Å². The van der Waals surface area contributed by atoms with Crippen molar-refractivity contribution in [2.75, 3.05) is 18.4 Å². The third-order valence-corrected chi connectivity index (χ3v) is 4.24. The summed E-state index contributed by atoms with van der Waals surface area (Å²) in [4.78, 5) is 16.4. The number of anilines is 1. The van der Waals surface area contributed by atoms with Gasteiger partial charge in [-0.15, -0.1) is 0 Å². The molecule has 1 aromatic carbocycles. The quantitative estimate of drug-likeness (QED) is 0.780. The zero-order chi connectivity index (χ0) is 16.8. The summed E-state index contributed by atoms with van der Waals surface area (Å²) < 4.78 is 0. The minimum Gasteiger partial charge on any atom is -0.370 e. The number of nitrogens with zero attached hydrogens (tertiary/aromatic N) is 1. The number of hydrogen-bond donors (Lipinski definition) is 3. The molecule has 0 unspecified atom stereocenters. The van der Waals surface area contributed by atoms with Gasteiger partial charge in [0.25, 0.3) is 0 Å². The van der Waals surface area contributed by atoms with Gasteiger partial charge in [0.05, 0.1) is 0 Å². The van der Waals surface area contributed by atoms with E-state index in [1.54, 1.807) is 0 Å². The van der Waals surface area contributed by atoms with Crippen LogP contribution in [0.5, 0.6) is 0 Å². The summed E-state index contributed by atoms with van der Waals surface area (Å²) in [6, 6.07) is 11.4. The van der Waals surface area contributed by atoms with Crippen molar-refractivity contribution in [1.29, 1.82) is 0 Å². The average Bonchev–Trinajstić information content (AvgIpc) is 2.61. The van der Waals surface area contributed by atoms with Crippen LogP contribution >= 0.6 is 11.6 Å². The fourth-order valence-electron chi connectivity index (χ4n) is 2.66. The molecule has 1 aliphatic rings. The molecule has 3 N–H and O–H groups in total. The standard InChI is InChI=1S/C18H21ClN4O/c19-15-6-3-13(4-7-15)12-22-18(24)21-11-9-16-8-5-14-2-1-10-20-17(14)23-16/h3-8H,1-2,9-12H2,(H,20,23)(H2,21,22,24). The fourth-order valence-corrected chi connectivity index (χ4v) is 2.79. The second-order valence-corrected chi connectivity index (χ2v) is 6.26. The van der Waals surface area contributed by atoms with Gasteiger partial charge in [0.1, 0.15) is 5.82 Å².